The number of carbonyl (C=O) groups is 3. The molecule has 25 heavy (non-hydrogen) atoms. The topological polar surface area (TPSA) is 98.7 Å². The number of amides is 3. The SMILES string of the molecule is O=C(CCNC(=O)N1C[C@@H]2CCC[C@@]2(C(=O)O)C1)Nc1ccccc1. The average Bonchev–Trinajstić information content (AvgIpc) is 3.14. The summed E-state index contributed by atoms with van der Waals surface area (Å²) in [7, 11) is 0. The van der Waals surface area contributed by atoms with Crippen molar-refractivity contribution in [3.8, 4) is 0 Å². The van der Waals surface area contributed by atoms with E-state index in [1.54, 1.807) is 17.0 Å². The van der Waals surface area contributed by atoms with Gasteiger partial charge in [0, 0.05) is 31.7 Å². The van der Waals surface area contributed by atoms with E-state index in [0.29, 0.717) is 13.0 Å². The number of rotatable bonds is 5. The van der Waals surface area contributed by atoms with Gasteiger partial charge in [-0.25, -0.2) is 4.79 Å². The van der Waals surface area contributed by atoms with Crippen molar-refractivity contribution in [3.05, 3.63) is 30.3 Å². The summed E-state index contributed by atoms with van der Waals surface area (Å²) in [6, 6.07) is 8.84. The molecule has 1 aliphatic heterocycles. The molecule has 1 aromatic rings. The average molecular weight is 345 g/mol. The number of likely N-dealkylation sites (tertiary alicyclic amines) is 1. The minimum atomic E-state index is -0.799. The van der Waals surface area contributed by atoms with Crippen LogP contribution in [-0.4, -0.2) is 47.5 Å². The summed E-state index contributed by atoms with van der Waals surface area (Å²) in [6.45, 7) is 0.960. The maximum absolute atomic E-state index is 12.3. The molecule has 0 aromatic heterocycles. The molecule has 1 heterocycles. The van der Waals surface area contributed by atoms with Crippen LogP contribution in [0.15, 0.2) is 30.3 Å². The Kier molecular flexibility index (Phi) is 4.92. The fourth-order valence-electron chi connectivity index (χ4n) is 3.93. The highest BCUT2D eigenvalue weighted by atomic mass is 16.4. The molecule has 134 valence electrons. The van der Waals surface area contributed by atoms with Crippen LogP contribution in [0.1, 0.15) is 25.7 Å². The van der Waals surface area contributed by atoms with Gasteiger partial charge >= 0.3 is 12.0 Å². The second-order valence-corrected chi connectivity index (χ2v) is 6.83. The molecule has 1 saturated heterocycles. The smallest absolute Gasteiger partial charge is 0.317 e. The number of carboxylic acids is 1. The molecular formula is C18H23N3O4. The fraction of sp³-hybridized carbons (Fsp3) is 0.500. The first kappa shape index (κ1) is 17.3. The van der Waals surface area contributed by atoms with Crippen molar-refractivity contribution in [2.24, 2.45) is 11.3 Å². The van der Waals surface area contributed by atoms with Crippen LogP contribution in [0.3, 0.4) is 0 Å². The minimum absolute atomic E-state index is 0.0390. The van der Waals surface area contributed by atoms with Crippen molar-refractivity contribution in [3.63, 3.8) is 0 Å². The fourth-order valence-corrected chi connectivity index (χ4v) is 3.93. The molecule has 1 saturated carbocycles. The lowest BCUT2D eigenvalue weighted by Gasteiger charge is -2.23. The molecule has 3 N–H and O–H groups in total. The van der Waals surface area contributed by atoms with Gasteiger partial charge in [0.15, 0.2) is 0 Å². The molecule has 0 radical (unpaired) electrons. The third kappa shape index (κ3) is 3.60. The highest BCUT2D eigenvalue weighted by Gasteiger charge is 2.55. The van der Waals surface area contributed by atoms with Gasteiger partial charge in [-0.1, -0.05) is 24.6 Å². The van der Waals surface area contributed by atoms with Gasteiger partial charge in [-0.15, -0.1) is 0 Å². The van der Waals surface area contributed by atoms with E-state index in [2.05, 4.69) is 10.6 Å². The maximum Gasteiger partial charge on any atom is 0.317 e. The molecule has 0 unspecified atom stereocenters. The highest BCUT2D eigenvalue weighted by molar-refractivity contribution is 5.91. The van der Waals surface area contributed by atoms with Crippen molar-refractivity contribution in [2.75, 3.05) is 25.0 Å². The summed E-state index contributed by atoms with van der Waals surface area (Å²) >= 11 is 0. The van der Waals surface area contributed by atoms with E-state index in [9.17, 15) is 19.5 Å². The number of aliphatic carboxylic acids is 1. The van der Waals surface area contributed by atoms with Crippen LogP contribution in [0.5, 0.6) is 0 Å². The number of para-hydroxylation sites is 1. The second kappa shape index (κ2) is 7.13. The van der Waals surface area contributed by atoms with Crippen molar-refractivity contribution in [1.29, 1.82) is 0 Å². The van der Waals surface area contributed by atoms with Gasteiger partial charge in [0.1, 0.15) is 0 Å². The standard InChI is InChI=1S/C18H23N3O4/c22-15(20-14-6-2-1-3-7-14)8-10-19-17(25)21-11-13-5-4-9-18(13,12-21)16(23)24/h1-3,6-7,13H,4-5,8-12H2,(H,19,25)(H,20,22)(H,23,24)/t13-,18+/m0/s1. The number of hydrogen-bond donors (Lipinski definition) is 3. The zero-order valence-corrected chi connectivity index (χ0v) is 14.0. The molecule has 1 aromatic carbocycles. The number of nitrogens with one attached hydrogen (secondary N) is 2. The molecule has 2 fully saturated rings. The van der Waals surface area contributed by atoms with Crippen molar-refractivity contribution >= 4 is 23.6 Å². The molecule has 7 heteroatoms. The first-order valence-electron chi connectivity index (χ1n) is 8.62. The number of carboxylic acid groups (broad SMARTS) is 1. The zero-order valence-electron chi connectivity index (χ0n) is 14.0. The number of carbonyl (C=O) groups excluding carboxylic acids is 2. The van der Waals surface area contributed by atoms with Gasteiger partial charge in [0.05, 0.1) is 5.41 Å². The summed E-state index contributed by atoms with van der Waals surface area (Å²) in [6.07, 6.45) is 2.57. The van der Waals surface area contributed by atoms with Crippen molar-refractivity contribution < 1.29 is 19.5 Å². The highest BCUT2D eigenvalue weighted by Crippen LogP contribution is 2.48. The molecule has 2 aliphatic rings. The Bertz CT molecular complexity index is 664. The number of urea groups is 1. The number of anilines is 1. The second-order valence-electron chi connectivity index (χ2n) is 6.83. The third-order valence-electron chi connectivity index (χ3n) is 5.27. The predicted molar refractivity (Wildman–Crippen MR) is 92.1 cm³/mol. The lowest BCUT2D eigenvalue weighted by Crippen LogP contribution is -2.42. The van der Waals surface area contributed by atoms with E-state index in [0.717, 1.165) is 18.5 Å². The molecule has 1 aliphatic carbocycles. The predicted octanol–water partition coefficient (Wildman–Crippen LogP) is 1.91. The lowest BCUT2D eigenvalue weighted by atomic mass is 9.81. The lowest BCUT2D eigenvalue weighted by molar-refractivity contribution is -0.149. The Morgan fingerprint density at radius 1 is 1.24 bits per heavy atom. The summed E-state index contributed by atoms with van der Waals surface area (Å²) in [5.41, 5.74) is -0.0586. The summed E-state index contributed by atoms with van der Waals surface area (Å²) < 4.78 is 0. The Labute approximate surface area is 146 Å². The van der Waals surface area contributed by atoms with Crippen LogP contribution in [-0.2, 0) is 9.59 Å². The first-order chi connectivity index (χ1) is 12.0. The number of nitrogens with zero attached hydrogens (tertiary/aromatic N) is 1. The van der Waals surface area contributed by atoms with Gasteiger partial charge in [0.25, 0.3) is 0 Å². The van der Waals surface area contributed by atoms with Gasteiger partial charge in [-0.3, -0.25) is 9.59 Å². The Hall–Kier alpha value is -2.57. The Morgan fingerprint density at radius 3 is 2.68 bits per heavy atom. The molecular weight excluding hydrogens is 322 g/mol. The normalized spacial score (nSPS) is 24.6. The van der Waals surface area contributed by atoms with E-state index in [-0.39, 0.29) is 37.4 Å². The monoisotopic (exact) mass is 345 g/mol. The van der Waals surface area contributed by atoms with Gasteiger partial charge < -0.3 is 20.6 Å². The molecule has 0 spiro atoms. The zero-order chi connectivity index (χ0) is 17.9. The maximum atomic E-state index is 12.3. The molecule has 7 nitrogen and oxygen atoms in total. The number of fused-ring (bicyclic) bond motifs is 1. The van der Waals surface area contributed by atoms with Gasteiger partial charge in [-0.2, -0.15) is 0 Å². The van der Waals surface area contributed by atoms with Gasteiger partial charge in [0.2, 0.25) is 5.91 Å². The van der Waals surface area contributed by atoms with Crippen LogP contribution < -0.4 is 10.6 Å². The summed E-state index contributed by atoms with van der Waals surface area (Å²) in [5, 5.41) is 15.0. The first-order valence-corrected chi connectivity index (χ1v) is 8.62. The van der Waals surface area contributed by atoms with E-state index in [1.807, 2.05) is 18.2 Å². The van der Waals surface area contributed by atoms with Crippen LogP contribution in [0, 0.1) is 11.3 Å². The Morgan fingerprint density at radius 2 is 2.00 bits per heavy atom. The van der Waals surface area contributed by atoms with Crippen LogP contribution in [0.4, 0.5) is 10.5 Å². The van der Waals surface area contributed by atoms with E-state index in [1.165, 1.54) is 0 Å². The summed E-state index contributed by atoms with van der Waals surface area (Å²) in [5.74, 6) is -0.934. The molecule has 3 amide bonds. The van der Waals surface area contributed by atoms with Gasteiger partial charge in [-0.05, 0) is 30.9 Å². The van der Waals surface area contributed by atoms with E-state index in [4.69, 9.17) is 0 Å². The molecule has 0 bridgehead atoms. The quantitative estimate of drug-likeness (QED) is 0.759. The molecule has 2 atom stereocenters. The minimum Gasteiger partial charge on any atom is -0.481 e. The largest absolute Gasteiger partial charge is 0.481 e. The van der Waals surface area contributed by atoms with Crippen molar-refractivity contribution in [2.45, 2.75) is 25.7 Å². The van der Waals surface area contributed by atoms with Crippen LogP contribution in [0.25, 0.3) is 0 Å². The molecule has 3 rings (SSSR count). The number of benzene rings is 1. The third-order valence-corrected chi connectivity index (χ3v) is 5.27. The van der Waals surface area contributed by atoms with E-state index >= 15 is 0 Å². The summed E-state index contributed by atoms with van der Waals surface area (Å²) in [4.78, 5) is 37.3. The van der Waals surface area contributed by atoms with Crippen molar-refractivity contribution in [1.82, 2.24) is 10.2 Å². The Balaban J connectivity index is 1.44. The number of hydrogen-bond acceptors (Lipinski definition) is 3. The van der Waals surface area contributed by atoms with Crippen LogP contribution in [0.2, 0.25) is 0 Å². The van der Waals surface area contributed by atoms with E-state index < -0.39 is 11.4 Å². The van der Waals surface area contributed by atoms with Crippen LogP contribution >= 0.6 is 0 Å².